The molecule has 4 rings (SSSR count). The highest BCUT2D eigenvalue weighted by Crippen LogP contribution is 2.39. The SMILES string of the molecule is O=C(O[C@@H](Cc1c(Cl)c[n+]([O-])cc1Cl)c1ccc(OC(F)F)c(OCC2CC2)c1)c1ccc([N+](=O)[O-])cc1C(F)(F)F. The molecule has 1 aliphatic rings. The molecule has 0 N–H and O–H groups in total. The summed E-state index contributed by atoms with van der Waals surface area (Å²) in [7, 11) is 0. The molecule has 1 fully saturated rings. The lowest BCUT2D eigenvalue weighted by Gasteiger charge is -2.22. The zero-order chi connectivity index (χ0) is 30.8. The molecule has 1 heterocycles. The molecule has 16 heteroatoms. The van der Waals surface area contributed by atoms with Crippen LogP contribution in [0.4, 0.5) is 27.6 Å². The molecule has 9 nitrogen and oxygen atoms in total. The van der Waals surface area contributed by atoms with E-state index < -0.39 is 46.6 Å². The highest BCUT2D eigenvalue weighted by Gasteiger charge is 2.38. The lowest BCUT2D eigenvalue weighted by Crippen LogP contribution is -2.26. The van der Waals surface area contributed by atoms with E-state index in [0.29, 0.717) is 16.9 Å². The summed E-state index contributed by atoms with van der Waals surface area (Å²) in [5, 5.41) is 22.4. The summed E-state index contributed by atoms with van der Waals surface area (Å²) < 4.78 is 83.3. The number of carbonyl (C=O) groups excluding carboxylic acids is 1. The van der Waals surface area contributed by atoms with Crippen molar-refractivity contribution in [3.8, 4) is 11.5 Å². The van der Waals surface area contributed by atoms with Crippen LogP contribution in [0.3, 0.4) is 0 Å². The Morgan fingerprint density at radius 2 is 1.74 bits per heavy atom. The van der Waals surface area contributed by atoms with Gasteiger partial charge in [-0.15, -0.1) is 0 Å². The number of nitro groups is 1. The Morgan fingerprint density at radius 3 is 2.31 bits per heavy atom. The van der Waals surface area contributed by atoms with Crippen LogP contribution in [0.5, 0.6) is 11.5 Å². The Bertz CT molecular complexity index is 1480. The van der Waals surface area contributed by atoms with Crippen LogP contribution < -0.4 is 14.2 Å². The van der Waals surface area contributed by atoms with Gasteiger partial charge < -0.3 is 19.4 Å². The van der Waals surface area contributed by atoms with Gasteiger partial charge in [0.05, 0.1) is 22.7 Å². The average Bonchev–Trinajstić information content (AvgIpc) is 3.72. The number of hydrogen-bond donors (Lipinski definition) is 0. The molecule has 0 aliphatic heterocycles. The minimum Gasteiger partial charge on any atom is -0.619 e. The normalized spacial score (nSPS) is 14.0. The van der Waals surface area contributed by atoms with Crippen molar-refractivity contribution in [1.29, 1.82) is 0 Å². The van der Waals surface area contributed by atoms with E-state index in [1.807, 2.05) is 0 Å². The molecule has 0 unspecified atom stereocenters. The fourth-order valence-corrected chi connectivity index (χ4v) is 4.51. The minimum absolute atomic E-state index is 0.0669. The second kappa shape index (κ2) is 12.5. The van der Waals surface area contributed by atoms with Gasteiger partial charge in [-0.25, -0.2) is 4.79 Å². The summed E-state index contributed by atoms with van der Waals surface area (Å²) >= 11 is 12.3. The van der Waals surface area contributed by atoms with Crippen molar-refractivity contribution < 1.29 is 50.6 Å². The van der Waals surface area contributed by atoms with Gasteiger partial charge in [-0.05, 0) is 42.5 Å². The third kappa shape index (κ3) is 7.68. The van der Waals surface area contributed by atoms with E-state index in [1.165, 1.54) is 12.1 Å². The summed E-state index contributed by atoms with van der Waals surface area (Å²) in [4.78, 5) is 23.1. The van der Waals surface area contributed by atoms with Crippen molar-refractivity contribution in [2.45, 2.75) is 38.2 Å². The van der Waals surface area contributed by atoms with Crippen LogP contribution in [0.2, 0.25) is 10.0 Å². The van der Waals surface area contributed by atoms with Crippen molar-refractivity contribution >= 4 is 34.9 Å². The molecular formula is C26H19Cl2F5N2O7. The lowest BCUT2D eigenvalue weighted by atomic mass is 10.0. The number of ether oxygens (including phenoxy) is 3. The summed E-state index contributed by atoms with van der Waals surface area (Å²) in [6.45, 7) is -3.03. The molecule has 0 amide bonds. The third-order valence-corrected chi connectivity index (χ3v) is 6.81. The van der Waals surface area contributed by atoms with E-state index in [0.717, 1.165) is 31.3 Å². The third-order valence-electron chi connectivity index (χ3n) is 6.16. The summed E-state index contributed by atoms with van der Waals surface area (Å²) in [6.07, 6.45) is -3.38. The molecule has 3 aromatic rings. The van der Waals surface area contributed by atoms with Crippen molar-refractivity contribution in [3.63, 3.8) is 0 Å². The first-order valence-electron chi connectivity index (χ1n) is 12.1. The van der Waals surface area contributed by atoms with Crippen LogP contribution in [0.15, 0.2) is 48.8 Å². The second-order valence-corrected chi connectivity index (χ2v) is 10.0. The number of nitrogens with zero attached hydrogens (tertiary/aromatic N) is 2. The maximum Gasteiger partial charge on any atom is 0.417 e. The first kappa shape index (κ1) is 31.0. The quantitative estimate of drug-likeness (QED) is 0.0551. The van der Waals surface area contributed by atoms with E-state index >= 15 is 0 Å². The van der Waals surface area contributed by atoms with Gasteiger partial charge in [0, 0.05) is 24.1 Å². The van der Waals surface area contributed by atoms with Crippen molar-refractivity contribution in [3.05, 3.63) is 96.4 Å². The Hall–Kier alpha value is -3.91. The number of carbonyl (C=O) groups is 1. The van der Waals surface area contributed by atoms with Gasteiger partial charge in [0.1, 0.15) is 16.1 Å². The zero-order valence-electron chi connectivity index (χ0n) is 21.1. The summed E-state index contributed by atoms with van der Waals surface area (Å²) in [5.41, 5.74) is -3.40. The number of benzene rings is 2. The molecule has 2 aromatic carbocycles. The molecule has 0 spiro atoms. The van der Waals surface area contributed by atoms with Gasteiger partial charge in [-0.2, -0.15) is 26.7 Å². The van der Waals surface area contributed by atoms with E-state index in [9.17, 15) is 42.1 Å². The van der Waals surface area contributed by atoms with Gasteiger partial charge in [-0.3, -0.25) is 10.1 Å². The number of esters is 1. The molecule has 0 saturated heterocycles. The minimum atomic E-state index is -5.16. The molecule has 1 aromatic heterocycles. The Morgan fingerprint density at radius 1 is 1.07 bits per heavy atom. The van der Waals surface area contributed by atoms with E-state index in [1.54, 1.807) is 0 Å². The highest BCUT2D eigenvalue weighted by molar-refractivity contribution is 6.35. The van der Waals surface area contributed by atoms with Gasteiger partial charge >= 0.3 is 18.8 Å². The fourth-order valence-electron chi connectivity index (χ4n) is 3.91. The fraction of sp³-hybridized carbons (Fsp3) is 0.308. The number of non-ortho nitro benzene ring substituents is 1. The average molecular weight is 637 g/mol. The number of alkyl halides is 5. The highest BCUT2D eigenvalue weighted by atomic mass is 35.5. The number of aromatic nitrogens is 1. The Balaban J connectivity index is 1.76. The zero-order valence-corrected chi connectivity index (χ0v) is 22.6. The summed E-state index contributed by atoms with van der Waals surface area (Å²) in [5.74, 6) is -1.80. The van der Waals surface area contributed by atoms with Gasteiger partial charge in [0.25, 0.3) is 5.69 Å². The molecule has 1 saturated carbocycles. The monoisotopic (exact) mass is 636 g/mol. The molecule has 42 heavy (non-hydrogen) atoms. The van der Waals surface area contributed by atoms with Crippen molar-refractivity contribution in [2.24, 2.45) is 5.92 Å². The van der Waals surface area contributed by atoms with Crippen molar-refractivity contribution in [2.75, 3.05) is 6.61 Å². The smallest absolute Gasteiger partial charge is 0.417 e. The first-order valence-corrected chi connectivity index (χ1v) is 12.8. The van der Waals surface area contributed by atoms with Crippen LogP contribution in [-0.4, -0.2) is 24.1 Å². The molecule has 1 aliphatic carbocycles. The number of pyridine rings is 1. The number of hydrogen-bond acceptors (Lipinski definition) is 7. The predicted molar refractivity (Wildman–Crippen MR) is 137 cm³/mol. The second-order valence-electron chi connectivity index (χ2n) is 9.21. The largest absolute Gasteiger partial charge is 0.619 e. The van der Waals surface area contributed by atoms with Crippen LogP contribution in [-0.2, 0) is 17.3 Å². The number of nitro benzene ring substituents is 1. The number of halogens is 7. The maximum absolute atomic E-state index is 13.8. The molecule has 0 radical (unpaired) electrons. The molecular weight excluding hydrogens is 618 g/mol. The number of rotatable bonds is 11. The lowest BCUT2D eigenvalue weighted by molar-refractivity contribution is -0.605. The Labute approximate surface area is 244 Å². The van der Waals surface area contributed by atoms with Gasteiger partial charge in [-0.1, -0.05) is 29.3 Å². The molecule has 224 valence electrons. The maximum atomic E-state index is 13.8. The van der Waals surface area contributed by atoms with Crippen LogP contribution in [0.1, 0.15) is 46.0 Å². The van der Waals surface area contributed by atoms with Crippen LogP contribution in [0.25, 0.3) is 0 Å². The van der Waals surface area contributed by atoms with Gasteiger partial charge in [0.15, 0.2) is 23.9 Å². The first-order chi connectivity index (χ1) is 19.7. The van der Waals surface area contributed by atoms with Crippen LogP contribution >= 0.6 is 23.2 Å². The van der Waals surface area contributed by atoms with Gasteiger partial charge in [0.2, 0.25) is 0 Å². The molecule has 0 bridgehead atoms. The standard InChI is InChI=1S/C26H19Cl2F5N2O7/c27-19-10-34(37)11-20(28)17(19)9-22(14-3-6-21(42-25(29)30)23(7-14)40-12-13-1-2-13)41-24(36)16-5-4-15(35(38)39)8-18(16)26(31,32)33/h3-8,10-11,13,22,25H,1-2,9,12H2/t22-/m0/s1. The van der Waals surface area contributed by atoms with E-state index in [-0.39, 0.29) is 57.7 Å². The molecule has 1 atom stereocenters. The summed E-state index contributed by atoms with van der Waals surface area (Å²) in [6, 6.07) is 5.06. The van der Waals surface area contributed by atoms with E-state index in [4.69, 9.17) is 32.7 Å². The Kier molecular flexibility index (Phi) is 9.26. The van der Waals surface area contributed by atoms with Crippen LogP contribution in [0, 0.1) is 21.2 Å². The topological polar surface area (TPSA) is 115 Å². The van der Waals surface area contributed by atoms with Crippen molar-refractivity contribution in [1.82, 2.24) is 0 Å². The predicted octanol–water partition coefficient (Wildman–Crippen LogP) is 7.08. The van der Waals surface area contributed by atoms with E-state index in [2.05, 4.69) is 4.74 Å².